The van der Waals surface area contributed by atoms with E-state index in [9.17, 15) is 9.18 Å². The SMILES string of the molecule is COC(=O)C1CCN(Cc2ccc(C3CN(c4c(Cl)cccc4Cl)C3)cc2F)CC1. The van der Waals surface area contributed by atoms with E-state index >= 15 is 0 Å². The fourth-order valence-electron chi connectivity index (χ4n) is 4.34. The van der Waals surface area contributed by atoms with Crippen LogP contribution in [0, 0.1) is 11.7 Å². The Morgan fingerprint density at radius 2 is 1.80 bits per heavy atom. The number of anilines is 1. The second-order valence-corrected chi connectivity index (χ2v) is 8.91. The van der Waals surface area contributed by atoms with Crippen molar-refractivity contribution >= 4 is 34.9 Å². The lowest BCUT2D eigenvalue weighted by molar-refractivity contribution is -0.147. The summed E-state index contributed by atoms with van der Waals surface area (Å²) in [6.07, 6.45) is 1.52. The standard InChI is InChI=1S/C23H25Cl2FN2O2/c1-30-23(29)15-7-9-27(10-8-15)12-17-6-5-16(11-21(17)26)18-13-28(14-18)22-19(24)3-2-4-20(22)25/h2-6,11,15,18H,7-10,12-14H2,1H3. The number of ether oxygens (including phenoxy) is 1. The third kappa shape index (κ3) is 4.43. The molecule has 2 aliphatic heterocycles. The fourth-order valence-corrected chi connectivity index (χ4v) is 4.98. The first-order chi connectivity index (χ1) is 14.5. The molecule has 0 atom stereocenters. The molecular formula is C23H25Cl2FN2O2. The quantitative estimate of drug-likeness (QED) is 0.591. The van der Waals surface area contributed by atoms with Gasteiger partial charge in [-0.2, -0.15) is 0 Å². The number of piperidine rings is 1. The summed E-state index contributed by atoms with van der Waals surface area (Å²) in [7, 11) is 1.43. The van der Waals surface area contributed by atoms with Crippen molar-refractivity contribution in [1.82, 2.24) is 4.90 Å². The normalized spacial score (nSPS) is 18.3. The zero-order valence-electron chi connectivity index (χ0n) is 16.9. The molecule has 0 unspecified atom stereocenters. The molecule has 2 saturated heterocycles. The van der Waals surface area contributed by atoms with Gasteiger partial charge >= 0.3 is 5.97 Å². The van der Waals surface area contributed by atoms with Crippen LogP contribution in [0.25, 0.3) is 0 Å². The Kier molecular flexibility index (Phi) is 6.51. The van der Waals surface area contributed by atoms with Crippen molar-refractivity contribution in [3.63, 3.8) is 0 Å². The largest absolute Gasteiger partial charge is 0.469 e. The minimum absolute atomic E-state index is 0.0355. The molecule has 0 saturated carbocycles. The van der Waals surface area contributed by atoms with Crippen molar-refractivity contribution < 1.29 is 13.9 Å². The van der Waals surface area contributed by atoms with E-state index in [1.807, 2.05) is 30.3 Å². The van der Waals surface area contributed by atoms with Crippen LogP contribution in [0.1, 0.15) is 29.9 Å². The molecule has 7 heteroatoms. The van der Waals surface area contributed by atoms with E-state index in [0.29, 0.717) is 22.2 Å². The van der Waals surface area contributed by atoms with E-state index in [2.05, 4.69) is 9.80 Å². The van der Waals surface area contributed by atoms with Crippen LogP contribution in [0.2, 0.25) is 10.0 Å². The molecule has 0 spiro atoms. The van der Waals surface area contributed by atoms with Gasteiger partial charge in [-0.05, 0) is 49.7 Å². The molecule has 0 aliphatic carbocycles. The van der Waals surface area contributed by atoms with Crippen LogP contribution >= 0.6 is 23.2 Å². The summed E-state index contributed by atoms with van der Waals surface area (Å²) in [6, 6.07) is 11.1. The van der Waals surface area contributed by atoms with E-state index < -0.39 is 0 Å². The maximum atomic E-state index is 14.8. The first kappa shape index (κ1) is 21.4. The van der Waals surface area contributed by atoms with Gasteiger partial charge in [-0.15, -0.1) is 0 Å². The van der Waals surface area contributed by atoms with E-state index in [1.165, 1.54) is 7.11 Å². The first-order valence-corrected chi connectivity index (χ1v) is 11.0. The number of hydrogen-bond donors (Lipinski definition) is 0. The van der Waals surface area contributed by atoms with Crippen LogP contribution in [0.4, 0.5) is 10.1 Å². The molecule has 0 amide bonds. The minimum Gasteiger partial charge on any atom is -0.469 e. The number of likely N-dealkylation sites (tertiary alicyclic amines) is 1. The van der Waals surface area contributed by atoms with Crippen LogP contribution in [0.3, 0.4) is 0 Å². The second kappa shape index (κ2) is 9.13. The summed E-state index contributed by atoms with van der Waals surface area (Å²) in [5.41, 5.74) is 2.55. The van der Waals surface area contributed by atoms with Crippen LogP contribution < -0.4 is 4.90 Å². The zero-order chi connectivity index (χ0) is 21.3. The number of esters is 1. The zero-order valence-corrected chi connectivity index (χ0v) is 18.4. The van der Waals surface area contributed by atoms with Gasteiger partial charge in [-0.3, -0.25) is 9.69 Å². The Morgan fingerprint density at radius 3 is 2.40 bits per heavy atom. The Morgan fingerprint density at radius 1 is 1.13 bits per heavy atom. The molecule has 2 aromatic rings. The topological polar surface area (TPSA) is 32.8 Å². The molecule has 160 valence electrons. The number of hydrogen-bond acceptors (Lipinski definition) is 4. The van der Waals surface area contributed by atoms with Crippen molar-refractivity contribution in [2.45, 2.75) is 25.3 Å². The third-order valence-corrected chi connectivity index (χ3v) is 6.81. The van der Waals surface area contributed by atoms with Crippen molar-refractivity contribution in [2.24, 2.45) is 5.92 Å². The highest BCUT2D eigenvalue weighted by atomic mass is 35.5. The highest BCUT2D eigenvalue weighted by molar-refractivity contribution is 6.39. The highest BCUT2D eigenvalue weighted by Gasteiger charge is 2.31. The summed E-state index contributed by atoms with van der Waals surface area (Å²) < 4.78 is 19.6. The molecule has 2 heterocycles. The van der Waals surface area contributed by atoms with Crippen LogP contribution in [-0.2, 0) is 16.1 Å². The van der Waals surface area contributed by atoms with Gasteiger partial charge in [0.25, 0.3) is 0 Å². The Hall–Kier alpha value is -1.82. The van der Waals surface area contributed by atoms with E-state index in [0.717, 1.165) is 50.3 Å². The molecule has 0 N–H and O–H groups in total. The van der Waals surface area contributed by atoms with Crippen molar-refractivity contribution in [3.8, 4) is 0 Å². The van der Waals surface area contributed by atoms with E-state index in [-0.39, 0.29) is 23.6 Å². The average molecular weight is 451 g/mol. The number of para-hydroxylation sites is 1. The summed E-state index contributed by atoms with van der Waals surface area (Å²) in [5.74, 6) is -0.0852. The molecule has 2 fully saturated rings. The summed E-state index contributed by atoms with van der Waals surface area (Å²) in [6.45, 7) is 3.65. The molecule has 4 nitrogen and oxygen atoms in total. The van der Waals surface area contributed by atoms with E-state index in [4.69, 9.17) is 27.9 Å². The summed E-state index contributed by atoms with van der Waals surface area (Å²) in [5, 5.41) is 1.27. The molecule has 0 bridgehead atoms. The van der Waals surface area contributed by atoms with Gasteiger partial charge in [0, 0.05) is 31.1 Å². The number of nitrogens with zero attached hydrogens (tertiary/aromatic N) is 2. The fraction of sp³-hybridized carbons (Fsp3) is 0.435. The second-order valence-electron chi connectivity index (χ2n) is 8.10. The Bertz CT molecular complexity index is 905. The van der Waals surface area contributed by atoms with Gasteiger partial charge in [-0.1, -0.05) is 41.4 Å². The Balaban J connectivity index is 1.34. The van der Waals surface area contributed by atoms with E-state index in [1.54, 1.807) is 6.07 Å². The molecule has 0 radical (unpaired) electrons. The van der Waals surface area contributed by atoms with Crippen molar-refractivity contribution in [1.29, 1.82) is 0 Å². The molecule has 2 aliphatic rings. The van der Waals surface area contributed by atoms with Crippen LogP contribution in [0.15, 0.2) is 36.4 Å². The number of methoxy groups -OCH3 is 1. The molecule has 4 rings (SSSR count). The monoisotopic (exact) mass is 450 g/mol. The third-order valence-electron chi connectivity index (χ3n) is 6.20. The number of benzene rings is 2. The maximum absolute atomic E-state index is 14.8. The number of halogens is 3. The van der Waals surface area contributed by atoms with Crippen LogP contribution in [0.5, 0.6) is 0 Å². The maximum Gasteiger partial charge on any atom is 0.308 e. The lowest BCUT2D eigenvalue weighted by atomic mass is 9.90. The predicted molar refractivity (Wildman–Crippen MR) is 118 cm³/mol. The number of rotatable bonds is 5. The lowest BCUT2D eigenvalue weighted by Crippen LogP contribution is -2.45. The summed E-state index contributed by atoms with van der Waals surface area (Å²) >= 11 is 12.6. The molecule has 30 heavy (non-hydrogen) atoms. The first-order valence-electron chi connectivity index (χ1n) is 10.2. The van der Waals surface area contributed by atoms with Gasteiger partial charge in [0.2, 0.25) is 0 Å². The average Bonchev–Trinajstić information content (AvgIpc) is 2.71. The smallest absolute Gasteiger partial charge is 0.308 e. The molecule has 2 aromatic carbocycles. The van der Waals surface area contributed by atoms with Gasteiger partial charge < -0.3 is 9.64 Å². The minimum atomic E-state index is -0.170. The Labute approximate surface area is 186 Å². The van der Waals surface area contributed by atoms with Gasteiger partial charge in [0.15, 0.2) is 0 Å². The van der Waals surface area contributed by atoms with Gasteiger partial charge in [0.1, 0.15) is 5.82 Å². The van der Waals surface area contributed by atoms with Crippen molar-refractivity contribution in [2.75, 3.05) is 38.2 Å². The predicted octanol–water partition coefficient (Wildman–Crippen LogP) is 5.12. The highest BCUT2D eigenvalue weighted by Crippen LogP contribution is 2.40. The lowest BCUT2D eigenvalue weighted by Gasteiger charge is -2.42. The van der Waals surface area contributed by atoms with Crippen molar-refractivity contribution in [3.05, 3.63) is 63.4 Å². The van der Waals surface area contributed by atoms with Gasteiger partial charge in [0.05, 0.1) is 28.8 Å². The van der Waals surface area contributed by atoms with Crippen LogP contribution in [-0.4, -0.2) is 44.2 Å². The number of carbonyl (C=O) groups excluding carboxylic acids is 1. The molecule has 0 aromatic heterocycles. The summed E-state index contributed by atoms with van der Waals surface area (Å²) in [4.78, 5) is 16.0. The molecular weight excluding hydrogens is 426 g/mol. The number of carbonyl (C=O) groups is 1. The van der Waals surface area contributed by atoms with Gasteiger partial charge in [-0.25, -0.2) is 4.39 Å².